The number of thioether (sulfide) groups is 1. The molecule has 0 spiro atoms. The summed E-state index contributed by atoms with van der Waals surface area (Å²) in [4.78, 5) is 34.6. The first-order valence-electron chi connectivity index (χ1n) is 4.80. The summed E-state index contributed by atoms with van der Waals surface area (Å²) >= 11 is 1.30. The molecular formula is C10H9NO5S. The van der Waals surface area contributed by atoms with Gasteiger partial charge in [0.2, 0.25) is 5.91 Å². The van der Waals surface area contributed by atoms with E-state index >= 15 is 0 Å². The van der Waals surface area contributed by atoms with Gasteiger partial charge in [-0.15, -0.1) is 0 Å². The Morgan fingerprint density at radius 1 is 1.65 bits per heavy atom. The van der Waals surface area contributed by atoms with Crippen molar-refractivity contribution in [1.82, 2.24) is 4.90 Å². The molecule has 2 aliphatic rings. The van der Waals surface area contributed by atoms with E-state index in [9.17, 15) is 14.4 Å². The van der Waals surface area contributed by atoms with Gasteiger partial charge in [0.1, 0.15) is 12.0 Å². The van der Waals surface area contributed by atoms with Crippen LogP contribution in [0.1, 0.15) is 13.3 Å². The highest BCUT2D eigenvalue weighted by molar-refractivity contribution is 8.04. The van der Waals surface area contributed by atoms with Crippen LogP contribution in [0.15, 0.2) is 22.9 Å². The third-order valence-electron chi connectivity index (χ3n) is 2.28. The monoisotopic (exact) mass is 255 g/mol. The standard InChI is InChI=1S/C10H9NO5S/c1-5(12)16-4-6-2-7(10(14)15)11-8(13)3-9(11)17-6/h2,4,9H,3H2,1H3,(H,14,15)/b6-4+/t9-/m1/s1. The smallest absolute Gasteiger partial charge is 0.352 e. The number of fused-ring (bicyclic) bond motifs is 1. The molecule has 0 bridgehead atoms. The number of rotatable bonds is 2. The minimum Gasteiger partial charge on any atom is -0.477 e. The normalized spacial score (nSPS) is 24.9. The number of esters is 1. The highest BCUT2D eigenvalue weighted by atomic mass is 32.2. The Labute approximate surface area is 101 Å². The Balaban J connectivity index is 2.25. The Kier molecular flexibility index (Phi) is 2.93. The molecule has 17 heavy (non-hydrogen) atoms. The van der Waals surface area contributed by atoms with Crippen LogP contribution in [0.25, 0.3) is 0 Å². The van der Waals surface area contributed by atoms with E-state index in [-0.39, 0.29) is 17.0 Å². The van der Waals surface area contributed by atoms with Gasteiger partial charge >= 0.3 is 11.9 Å². The summed E-state index contributed by atoms with van der Waals surface area (Å²) in [6.45, 7) is 1.26. The molecule has 2 rings (SSSR count). The van der Waals surface area contributed by atoms with Crippen LogP contribution in [-0.2, 0) is 19.1 Å². The summed E-state index contributed by atoms with van der Waals surface area (Å²) in [5.74, 6) is -1.85. The average molecular weight is 255 g/mol. The Morgan fingerprint density at radius 2 is 2.35 bits per heavy atom. The molecule has 7 heteroatoms. The average Bonchev–Trinajstić information content (AvgIpc) is 2.23. The number of carboxylic acids is 1. The van der Waals surface area contributed by atoms with Gasteiger partial charge in [-0.25, -0.2) is 4.79 Å². The summed E-state index contributed by atoms with van der Waals surface area (Å²) in [5, 5.41) is 8.76. The third kappa shape index (κ3) is 2.19. The fraction of sp³-hybridized carbons (Fsp3) is 0.300. The molecule has 1 fully saturated rings. The van der Waals surface area contributed by atoms with E-state index in [1.807, 2.05) is 0 Å². The van der Waals surface area contributed by atoms with E-state index in [4.69, 9.17) is 5.11 Å². The number of carbonyl (C=O) groups excluding carboxylic acids is 2. The van der Waals surface area contributed by atoms with Crippen molar-refractivity contribution in [2.75, 3.05) is 0 Å². The van der Waals surface area contributed by atoms with Crippen molar-refractivity contribution in [3.8, 4) is 0 Å². The van der Waals surface area contributed by atoms with Crippen molar-refractivity contribution in [1.29, 1.82) is 0 Å². The predicted octanol–water partition coefficient (Wildman–Crippen LogP) is 0.665. The number of nitrogens with zero attached hydrogens (tertiary/aromatic N) is 1. The van der Waals surface area contributed by atoms with Crippen molar-refractivity contribution in [2.24, 2.45) is 0 Å². The van der Waals surface area contributed by atoms with E-state index in [1.165, 1.54) is 35.9 Å². The second-order valence-electron chi connectivity index (χ2n) is 3.50. The molecular weight excluding hydrogens is 246 g/mol. The van der Waals surface area contributed by atoms with Crippen molar-refractivity contribution in [2.45, 2.75) is 18.7 Å². The number of carbonyl (C=O) groups is 3. The quantitative estimate of drug-likeness (QED) is 0.443. The van der Waals surface area contributed by atoms with Crippen LogP contribution >= 0.6 is 11.8 Å². The van der Waals surface area contributed by atoms with Crippen molar-refractivity contribution >= 4 is 29.6 Å². The molecule has 0 aromatic carbocycles. The van der Waals surface area contributed by atoms with Crippen LogP contribution in [0.2, 0.25) is 0 Å². The largest absolute Gasteiger partial charge is 0.477 e. The van der Waals surface area contributed by atoms with E-state index in [1.54, 1.807) is 0 Å². The molecule has 2 aliphatic heterocycles. The Bertz CT molecular complexity index is 467. The van der Waals surface area contributed by atoms with E-state index in [0.717, 1.165) is 0 Å². The number of carboxylic acid groups (broad SMARTS) is 1. The van der Waals surface area contributed by atoms with Gasteiger partial charge in [0.15, 0.2) is 0 Å². The van der Waals surface area contributed by atoms with E-state index in [2.05, 4.69) is 4.74 Å². The maximum absolute atomic E-state index is 11.3. The van der Waals surface area contributed by atoms with Gasteiger partial charge < -0.3 is 9.84 Å². The number of amides is 1. The molecule has 0 unspecified atom stereocenters. The zero-order valence-electron chi connectivity index (χ0n) is 8.87. The molecule has 2 heterocycles. The maximum Gasteiger partial charge on any atom is 0.352 e. The van der Waals surface area contributed by atoms with Crippen molar-refractivity contribution < 1.29 is 24.2 Å². The zero-order valence-corrected chi connectivity index (χ0v) is 9.69. The lowest BCUT2D eigenvalue weighted by molar-refractivity contribution is -0.145. The second-order valence-corrected chi connectivity index (χ2v) is 4.76. The van der Waals surface area contributed by atoms with Gasteiger partial charge in [0, 0.05) is 11.8 Å². The summed E-state index contributed by atoms with van der Waals surface area (Å²) in [6, 6.07) is 0. The number of aliphatic carboxylic acids is 1. The molecule has 1 saturated heterocycles. The van der Waals surface area contributed by atoms with E-state index in [0.29, 0.717) is 11.3 Å². The van der Waals surface area contributed by atoms with Crippen molar-refractivity contribution in [3.63, 3.8) is 0 Å². The van der Waals surface area contributed by atoms with Gasteiger partial charge in [0.25, 0.3) is 0 Å². The summed E-state index contributed by atoms with van der Waals surface area (Å²) in [6.07, 6.45) is 2.83. The summed E-state index contributed by atoms with van der Waals surface area (Å²) in [7, 11) is 0. The molecule has 0 radical (unpaired) electrons. The van der Waals surface area contributed by atoms with E-state index < -0.39 is 11.9 Å². The van der Waals surface area contributed by atoms with Gasteiger partial charge in [-0.1, -0.05) is 11.8 Å². The number of β-lactam (4-membered cyclic amide) rings is 1. The summed E-state index contributed by atoms with van der Waals surface area (Å²) in [5.41, 5.74) is -0.0802. The molecule has 0 aromatic rings. The number of hydrogen-bond donors (Lipinski definition) is 1. The van der Waals surface area contributed by atoms with Gasteiger partial charge in [0.05, 0.1) is 11.8 Å². The molecule has 90 valence electrons. The predicted molar refractivity (Wildman–Crippen MR) is 58.4 cm³/mol. The first-order valence-corrected chi connectivity index (χ1v) is 5.68. The van der Waals surface area contributed by atoms with Gasteiger partial charge in [-0.05, 0) is 6.08 Å². The van der Waals surface area contributed by atoms with Gasteiger partial charge in [-0.2, -0.15) is 0 Å². The SMILES string of the molecule is CC(=O)O/C=C1\C=C(C(=O)O)N2C(=O)C[C@H]2S1. The lowest BCUT2D eigenvalue weighted by Gasteiger charge is -2.42. The summed E-state index contributed by atoms with van der Waals surface area (Å²) < 4.78 is 4.68. The highest BCUT2D eigenvalue weighted by Gasteiger charge is 2.44. The topological polar surface area (TPSA) is 83.9 Å². The van der Waals surface area contributed by atoms with Crippen LogP contribution in [0.3, 0.4) is 0 Å². The molecule has 1 N–H and O–H groups in total. The number of allylic oxidation sites excluding steroid dienone is 1. The fourth-order valence-electron chi connectivity index (χ4n) is 1.53. The van der Waals surface area contributed by atoms with Crippen molar-refractivity contribution in [3.05, 3.63) is 22.9 Å². The molecule has 0 saturated carbocycles. The zero-order chi connectivity index (χ0) is 12.6. The lowest BCUT2D eigenvalue weighted by Crippen LogP contribution is -2.52. The van der Waals surface area contributed by atoms with Crippen LogP contribution in [-0.4, -0.2) is 33.2 Å². The second kappa shape index (κ2) is 4.25. The molecule has 1 amide bonds. The van der Waals surface area contributed by atoms with Gasteiger partial charge in [-0.3, -0.25) is 14.5 Å². The number of hydrogen-bond acceptors (Lipinski definition) is 5. The molecule has 1 atom stereocenters. The number of ether oxygens (including phenoxy) is 1. The van der Waals surface area contributed by atoms with Crippen LogP contribution in [0.5, 0.6) is 0 Å². The molecule has 0 aliphatic carbocycles. The first kappa shape index (κ1) is 11.7. The lowest BCUT2D eigenvalue weighted by atomic mass is 10.1. The minimum atomic E-state index is -1.17. The van der Waals surface area contributed by atoms with Crippen LogP contribution < -0.4 is 0 Å². The minimum absolute atomic E-state index is 0.0802. The highest BCUT2D eigenvalue weighted by Crippen LogP contribution is 2.42. The molecule has 6 nitrogen and oxygen atoms in total. The molecule has 0 aromatic heterocycles. The first-order chi connectivity index (χ1) is 7.99. The van der Waals surface area contributed by atoms with Crippen LogP contribution in [0, 0.1) is 0 Å². The Hall–Kier alpha value is -1.76. The van der Waals surface area contributed by atoms with Crippen LogP contribution in [0.4, 0.5) is 0 Å². The Morgan fingerprint density at radius 3 is 2.88 bits per heavy atom. The fourth-order valence-corrected chi connectivity index (χ4v) is 2.69. The maximum atomic E-state index is 11.3. The third-order valence-corrected chi connectivity index (χ3v) is 3.41.